The number of likely N-dealkylation sites (tertiary alicyclic amines) is 1. The summed E-state index contributed by atoms with van der Waals surface area (Å²) in [6.45, 7) is 4.57. The third-order valence-electron chi connectivity index (χ3n) is 6.05. The van der Waals surface area contributed by atoms with Gasteiger partial charge in [0.2, 0.25) is 11.8 Å². The van der Waals surface area contributed by atoms with Crippen molar-refractivity contribution in [3.8, 4) is 0 Å². The van der Waals surface area contributed by atoms with Gasteiger partial charge in [-0.2, -0.15) is 0 Å². The summed E-state index contributed by atoms with van der Waals surface area (Å²) in [7, 11) is 0. The van der Waals surface area contributed by atoms with Crippen LogP contribution in [0.15, 0.2) is 54.6 Å². The molecular weight excluding hydrogens is 414 g/mol. The van der Waals surface area contributed by atoms with Crippen molar-refractivity contribution < 1.29 is 14.4 Å². The fraction of sp³-hybridized carbons (Fsp3) is 0.375. The van der Waals surface area contributed by atoms with Crippen molar-refractivity contribution in [2.45, 2.75) is 38.1 Å². The number of nitrogens with zero attached hydrogens (tertiary/aromatic N) is 1. The second-order valence-electron chi connectivity index (χ2n) is 8.34. The Balaban J connectivity index is 1.73. The number of primary amides is 1. The van der Waals surface area contributed by atoms with E-state index in [1.165, 1.54) is 0 Å². The third-order valence-corrected chi connectivity index (χ3v) is 6.30. The molecule has 1 atom stereocenters. The minimum absolute atomic E-state index is 0.0840. The molecule has 2 aromatic carbocycles. The summed E-state index contributed by atoms with van der Waals surface area (Å²) in [6, 6.07) is 15.3. The van der Waals surface area contributed by atoms with E-state index in [0.29, 0.717) is 36.5 Å². The number of carbonyl (C=O) groups excluding carboxylic acids is 3. The fourth-order valence-corrected chi connectivity index (χ4v) is 4.21. The summed E-state index contributed by atoms with van der Waals surface area (Å²) in [5, 5.41) is 3.46. The van der Waals surface area contributed by atoms with Crippen LogP contribution >= 0.6 is 11.6 Å². The summed E-state index contributed by atoms with van der Waals surface area (Å²) in [5.74, 6) is -0.912. The van der Waals surface area contributed by atoms with E-state index in [9.17, 15) is 14.4 Å². The van der Waals surface area contributed by atoms with Crippen LogP contribution in [0.3, 0.4) is 0 Å². The molecular formula is C24H28ClN3O3. The Morgan fingerprint density at radius 3 is 2.10 bits per heavy atom. The zero-order valence-electron chi connectivity index (χ0n) is 17.8. The van der Waals surface area contributed by atoms with E-state index in [2.05, 4.69) is 5.32 Å². The second-order valence-corrected chi connectivity index (χ2v) is 8.78. The zero-order valence-corrected chi connectivity index (χ0v) is 18.6. The summed E-state index contributed by atoms with van der Waals surface area (Å²) in [5.41, 5.74) is 6.29. The van der Waals surface area contributed by atoms with Crippen LogP contribution in [0.2, 0.25) is 5.02 Å². The Kier molecular flexibility index (Phi) is 7.01. The number of hydrogen-bond acceptors (Lipinski definition) is 3. The number of nitrogens with one attached hydrogen (secondary N) is 1. The van der Waals surface area contributed by atoms with Gasteiger partial charge in [0, 0.05) is 23.7 Å². The normalized spacial score (nSPS) is 16.6. The summed E-state index contributed by atoms with van der Waals surface area (Å²) < 4.78 is 0. The number of carbonyl (C=O) groups is 3. The topological polar surface area (TPSA) is 92.5 Å². The molecule has 1 aliphatic heterocycles. The standard InChI is InChI=1S/C24H28ClN3O3/c1-16(2)20(27-21(29)17-6-4-3-5-7-17)22(30)28-14-12-24(13-15-28,23(26)31)18-8-10-19(25)11-9-18/h3-11,16,20H,12-15H2,1-2H3,(H2,26,31)(H,27,29)/t20-/m1/s1. The first-order chi connectivity index (χ1) is 14.7. The maximum Gasteiger partial charge on any atom is 0.251 e. The van der Waals surface area contributed by atoms with Crippen molar-refractivity contribution in [1.29, 1.82) is 0 Å². The van der Waals surface area contributed by atoms with Gasteiger partial charge in [0.15, 0.2) is 0 Å². The molecule has 1 heterocycles. The number of hydrogen-bond donors (Lipinski definition) is 2. The van der Waals surface area contributed by atoms with Gasteiger partial charge in [-0.1, -0.05) is 55.8 Å². The van der Waals surface area contributed by atoms with Gasteiger partial charge in [0.05, 0.1) is 5.41 Å². The van der Waals surface area contributed by atoms with Gasteiger partial charge < -0.3 is 16.0 Å². The van der Waals surface area contributed by atoms with E-state index >= 15 is 0 Å². The quantitative estimate of drug-likeness (QED) is 0.721. The van der Waals surface area contributed by atoms with Crippen LogP contribution in [-0.2, 0) is 15.0 Å². The van der Waals surface area contributed by atoms with Crippen LogP contribution in [0.5, 0.6) is 0 Å². The lowest BCUT2D eigenvalue weighted by molar-refractivity contribution is -0.138. The molecule has 0 radical (unpaired) electrons. The highest BCUT2D eigenvalue weighted by Gasteiger charge is 2.43. The molecule has 2 aromatic rings. The van der Waals surface area contributed by atoms with Crippen LogP contribution in [0.4, 0.5) is 0 Å². The van der Waals surface area contributed by atoms with Gasteiger partial charge in [0.25, 0.3) is 5.91 Å². The van der Waals surface area contributed by atoms with Crippen molar-refractivity contribution in [2.75, 3.05) is 13.1 Å². The molecule has 0 saturated carbocycles. The van der Waals surface area contributed by atoms with Crippen molar-refractivity contribution in [2.24, 2.45) is 11.7 Å². The van der Waals surface area contributed by atoms with E-state index < -0.39 is 17.4 Å². The van der Waals surface area contributed by atoms with Gasteiger partial charge in [-0.25, -0.2) is 0 Å². The maximum absolute atomic E-state index is 13.2. The SMILES string of the molecule is CC(C)[C@@H](NC(=O)c1ccccc1)C(=O)N1CCC(C(N)=O)(c2ccc(Cl)cc2)CC1. The van der Waals surface area contributed by atoms with Crippen molar-refractivity contribution in [1.82, 2.24) is 10.2 Å². The van der Waals surface area contributed by atoms with E-state index in [0.717, 1.165) is 5.56 Å². The first-order valence-electron chi connectivity index (χ1n) is 10.5. The van der Waals surface area contributed by atoms with Gasteiger partial charge in [-0.05, 0) is 48.6 Å². The Labute approximate surface area is 187 Å². The lowest BCUT2D eigenvalue weighted by Gasteiger charge is -2.41. The number of benzene rings is 2. The molecule has 0 aliphatic carbocycles. The minimum Gasteiger partial charge on any atom is -0.369 e. The Bertz CT molecular complexity index is 936. The van der Waals surface area contributed by atoms with E-state index in [1.54, 1.807) is 41.3 Å². The molecule has 31 heavy (non-hydrogen) atoms. The highest BCUT2D eigenvalue weighted by Crippen LogP contribution is 2.36. The molecule has 0 spiro atoms. The number of piperidine rings is 1. The molecule has 7 heteroatoms. The smallest absolute Gasteiger partial charge is 0.251 e. The van der Waals surface area contributed by atoms with Crippen molar-refractivity contribution in [3.05, 3.63) is 70.7 Å². The molecule has 3 N–H and O–H groups in total. The molecule has 6 nitrogen and oxygen atoms in total. The van der Waals surface area contributed by atoms with Gasteiger partial charge in [-0.15, -0.1) is 0 Å². The minimum atomic E-state index is -0.831. The molecule has 1 saturated heterocycles. The van der Waals surface area contributed by atoms with E-state index in [-0.39, 0.29) is 17.7 Å². The molecule has 0 unspecified atom stereocenters. The van der Waals surface area contributed by atoms with Crippen LogP contribution in [0.1, 0.15) is 42.6 Å². The van der Waals surface area contributed by atoms with Crippen LogP contribution in [-0.4, -0.2) is 41.8 Å². The Morgan fingerprint density at radius 1 is 1.00 bits per heavy atom. The number of rotatable bonds is 6. The number of amides is 3. The third kappa shape index (κ3) is 4.90. The zero-order chi connectivity index (χ0) is 22.6. The first-order valence-corrected chi connectivity index (χ1v) is 10.8. The molecule has 1 aliphatic rings. The lowest BCUT2D eigenvalue weighted by Crippen LogP contribution is -2.56. The Morgan fingerprint density at radius 2 is 1.58 bits per heavy atom. The predicted molar refractivity (Wildman–Crippen MR) is 121 cm³/mol. The largest absolute Gasteiger partial charge is 0.369 e. The Hall–Kier alpha value is -2.86. The second kappa shape index (κ2) is 9.52. The van der Waals surface area contributed by atoms with E-state index in [4.69, 9.17) is 17.3 Å². The molecule has 164 valence electrons. The first kappa shape index (κ1) is 22.8. The van der Waals surface area contributed by atoms with E-state index in [1.807, 2.05) is 32.0 Å². The van der Waals surface area contributed by atoms with Gasteiger partial charge >= 0.3 is 0 Å². The molecule has 1 fully saturated rings. The highest BCUT2D eigenvalue weighted by molar-refractivity contribution is 6.30. The lowest BCUT2D eigenvalue weighted by atomic mass is 9.72. The van der Waals surface area contributed by atoms with Crippen molar-refractivity contribution >= 4 is 29.3 Å². The molecule has 3 rings (SSSR count). The average Bonchev–Trinajstić information content (AvgIpc) is 2.77. The van der Waals surface area contributed by atoms with Crippen LogP contribution in [0, 0.1) is 5.92 Å². The van der Waals surface area contributed by atoms with Gasteiger partial charge in [0.1, 0.15) is 6.04 Å². The number of halogens is 1. The van der Waals surface area contributed by atoms with Gasteiger partial charge in [-0.3, -0.25) is 14.4 Å². The maximum atomic E-state index is 13.2. The highest BCUT2D eigenvalue weighted by atomic mass is 35.5. The molecule has 0 aromatic heterocycles. The monoisotopic (exact) mass is 441 g/mol. The summed E-state index contributed by atoms with van der Waals surface area (Å²) >= 11 is 5.99. The summed E-state index contributed by atoms with van der Waals surface area (Å²) in [6.07, 6.45) is 0.848. The van der Waals surface area contributed by atoms with Crippen LogP contribution < -0.4 is 11.1 Å². The predicted octanol–water partition coefficient (Wildman–Crippen LogP) is 3.14. The van der Waals surface area contributed by atoms with Crippen molar-refractivity contribution in [3.63, 3.8) is 0 Å². The molecule has 3 amide bonds. The van der Waals surface area contributed by atoms with Crippen LogP contribution in [0.25, 0.3) is 0 Å². The summed E-state index contributed by atoms with van der Waals surface area (Å²) in [4.78, 5) is 40.0. The number of nitrogens with two attached hydrogens (primary N) is 1. The average molecular weight is 442 g/mol. The fourth-order valence-electron chi connectivity index (χ4n) is 4.08. The molecule has 0 bridgehead atoms.